The van der Waals surface area contributed by atoms with Gasteiger partial charge in [-0.1, -0.05) is 39.5 Å². The molecule has 0 amide bonds. The van der Waals surface area contributed by atoms with E-state index < -0.39 is 11.9 Å². The lowest BCUT2D eigenvalue weighted by Crippen LogP contribution is -2.15. The van der Waals surface area contributed by atoms with Crippen LogP contribution in [-0.2, 0) is 19.1 Å². The highest BCUT2D eigenvalue weighted by Gasteiger charge is 2.09. The molecule has 0 aromatic carbocycles. The van der Waals surface area contributed by atoms with Gasteiger partial charge in [-0.05, 0) is 39.5 Å². The SMILES string of the molecule is CCCCCC(C)OC(=O)/C=C\C(=O)OC(C)CCCCC. The molecule has 0 saturated heterocycles. The number of esters is 2. The quantitative estimate of drug-likeness (QED) is 0.301. The fourth-order valence-electron chi connectivity index (χ4n) is 2.09. The van der Waals surface area contributed by atoms with Gasteiger partial charge in [0.2, 0.25) is 0 Å². The molecular formula is C18H32O4. The summed E-state index contributed by atoms with van der Waals surface area (Å²) in [6, 6.07) is 0. The van der Waals surface area contributed by atoms with E-state index in [9.17, 15) is 9.59 Å². The Bertz CT molecular complexity index is 304. The van der Waals surface area contributed by atoms with Crippen molar-refractivity contribution in [1.29, 1.82) is 0 Å². The van der Waals surface area contributed by atoms with Gasteiger partial charge < -0.3 is 9.47 Å². The number of carbonyl (C=O) groups excluding carboxylic acids is 2. The van der Waals surface area contributed by atoms with Crippen LogP contribution in [0.5, 0.6) is 0 Å². The van der Waals surface area contributed by atoms with Gasteiger partial charge in [-0.15, -0.1) is 0 Å². The summed E-state index contributed by atoms with van der Waals surface area (Å²) >= 11 is 0. The molecule has 0 bridgehead atoms. The zero-order chi connectivity index (χ0) is 16.8. The molecule has 0 aromatic rings. The minimum Gasteiger partial charge on any atom is -0.460 e. The van der Waals surface area contributed by atoms with E-state index in [4.69, 9.17) is 9.47 Å². The summed E-state index contributed by atoms with van der Waals surface area (Å²) < 4.78 is 10.4. The highest BCUT2D eigenvalue weighted by Crippen LogP contribution is 2.08. The van der Waals surface area contributed by atoms with Gasteiger partial charge in [-0.2, -0.15) is 0 Å². The predicted octanol–water partition coefficient (Wildman–Crippen LogP) is 4.57. The Balaban J connectivity index is 3.92. The minimum absolute atomic E-state index is 0.118. The van der Waals surface area contributed by atoms with Crippen molar-refractivity contribution in [3.05, 3.63) is 12.2 Å². The summed E-state index contributed by atoms with van der Waals surface area (Å²) in [6.45, 7) is 8.01. The van der Waals surface area contributed by atoms with Gasteiger partial charge in [-0.25, -0.2) is 9.59 Å². The van der Waals surface area contributed by atoms with Crippen LogP contribution in [0, 0.1) is 0 Å². The van der Waals surface area contributed by atoms with Crippen LogP contribution in [0.2, 0.25) is 0 Å². The van der Waals surface area contributed by atoms with Crippen LogP contribution >= 0.6 is 0 Å². The molecule has 0 aromatic heterocycles. The molecular weight excluding hydrogens is 280 g/mol. The summed E-state index contributed by atoms with van der Waals surface area (Å²) in [6.07, 6.45) is 10.4. The standard InChI is InChI=1S/C18H32O4/c1-5-7-9-11-15(3)21-17(19)13-14-18(20)22-16(4)12-10-8-6-2/h13-16H,5-12H2,1-4H3/b14-13-. The third-order valence-corrected chi connectivity index (χ3v) is 3.42. The van der Waals surface area contributed by atoms with E-state index in [0.717, 1.165) is 63.5 Å². The van der Waals surface area contributed by atoms with Gasteiger partial charge in [-0.3, -0.25) is 0 Å². The zero-order valence-corrected chi connectivity index (χ0v) is 14.6. The van der Waals surface area contributed by atoms with E-state index in [0.29, 0.717) is 0 Å². The number of unbranched alkanes of at least 4 members (excludes halogenated alkanes) is 4. The maximum absolute atomic E-state index is 11.6. The van der Waals surface area contributed by atoms with Crippen molar-refractivity contribution < 1.29 is 19.1 Å². The van der Waals surface area contributed by atoms with Gasteiger partial charge in [0, 0.05) is 12.2 Å². The zero-order valence-electron chi connectivity index (χ0n) is 14.6. The lowest BCUT2D eigenvalue weighted by molar-refractivity contribution is -0.145. The second kappa shape index (κ2) is 13.4. The molecule has 0 fully saturated rings. The highest BCUT2D eigenvalue weighted by molar-refractivity contribution is 5.91. The number of hydrogen-bond donors (Lipinski definition) is 0. The van der Waals surface area contributed by atoms with Crippen molar-refractivity contribution in [2.45, 2.75) is 91.3 Å². The van der Waals surface area contributed by atoms with Crippen LogP contribution in [-0.4, -0.2) is 24.1 Å². The maximum Gasteiger partial charge on any atom is 0.331 e. The van der Waals surface area contributed by atoms with Crippen molar-refractivity contribution in [3.63, 3.8) is 0 Å². The van der Waals surface area contributed by atoms with Gasteiger partial charge in [0.15, 0.2) is 0 Å². The van der Waals surface area contributed by atoms with Crippen LogP contribution < -0.4 is 0 Å². The number of carbonyl (C=O) groups is 2. The van der Waals surface area contributed by atoms with Gasteiger partial charge in [0.25, 0.3) is 0 Å². The van der Waals surface area contributed by atoms with E-state index >= 15 is 0 Å². The molecule has 0 spiro atoms. The van der Waals surface area contributed by atoms with E-state index in [1.165, 1.54) is 0 Å². The Morgan fingerprint density at radius 2 is 1.14 bits per heavy atom. The van der Waals surface area contributed by atoms with E-state index in [1.54, 1.807) is 0 Å². The van der Waals surface area contributed by atoms with Crippen LogP contribution in [0.25, 0.3) is 0 Å². The highest BCUT2D eigenvalue weighted by atomic mass is 16.5. The summed E-state index contributed by atoms with van der Waals surface area (Å²) in [7, 11) is 0. The Kier molecular flexibility index (Phi) is 12.5. The fraction of sp³-hybridized carbons (Fsp3) is 0.778. The third kappa shape index (κ3) is 12.4. The van der Waals surface area contributed by atoms with Crippen LogP contribution in [0.4, 0.5) is 0 Å². The molecule has 0 heterocycles. The van der Waals surface area contributed by atoms with Crippen LogP contribution in [0.15, 0.2) is 12.2 Å². The van der Waals surface area contributed by atoms with Crippen molar-refractivity contribution in [2.75, 3.05) is 0 Å². The van der Waals surface area contributed by atoms with Gasteiger partial charge >= 0.3 is 11.9 Å². The fourth-order valence-corrected chi connectivity index (χ4v) is 2.09. The largest absolute Gasteiger partial charge is 0.460 e. The molecule has 0 rings (SSSR count). The van der Waals surface area contributed by atoms with Crippen LogP contribution in [0.3, 0.4) is 0 Å². The summed E-state index contributed by atoms with van der Waals surface area (Å²) in [5, 5.41) is 0. The molecule has 2 unspecified atom stereocenters. The Hall–Kier alpha value is -1.32. The first-order chi connectivity index (χ1) is 10.5. The number of rotatable bonds is 12. The minimum atomic E-state index is -0.486. The molecule has 4 nitrogen and oxygen atoms in total. The smallest absolute Gasteiger partial charge is 0.331 e. The Morgan fingerprint density at radius 3 is 1.45 bits per heavy atom. The van der Waals surface area contributed by atoms with Crippen molar-refractivity contribution in [2.24, 2.45) is 0 Å². The second-order valence-corrected chi connectivity index (χ2v) is 5.82. The molecule has 0 aliphatic rings. The first kappa shape index (κ1) is 20.7. The van der Waals surface area contributed by atoms with E-state index in [2.05, 4.69) is 13.8 Å². The first-order valence-electron chi connectivity index (χ1n) is 8.58. The van der Waals surface area contributed by atoms with Gasteiger partial charge in [0.1, 0.15) is 0 Å². The molecule has 0 saturated carbocycles. The monoisotopic (exact) mass is 312 g/mol. The molecule has 22 heavy (non-hydrogen) atoms. The Labute approximate surface area is 135 Å². The topological polar surface area (TPSA) is 52.6 Å². The Morgan fingerprint density at radius 1 is 0.773 bits per heavy atom. The molecule has 0 aliphatic carbocycles. The molecule has 0 aliphatic heterocycles. The number of hydrogen-bond acceptors (Lipinski definition) is 4. The molecule has 0 radical (unpaired) electrons. The summed E-state index contributed by atoms with van der Waals surface area (Å²) in [4.78, 5) is 23.1. The van der Waals surface area contributed by atoms with E-state index in [-0.39, 0.29) is 12.2 Å². The summed E-state index contributed by atoms with van der Waals surface area (Å²) in [5.74, 6) is -0.973. The molecule has 0 N–H and O–H groups in total. The predicted molar refractivity (Wildman–Crippen MR) is 88.5 cm³/mol. The average Bonchev–Trinajstić information content (AvgIpc) is 2.45. The summed E-state index contributed by atoms with van der Waals surface area (Å²) in [5.41, 5.74) is 0. The molecule has 2 atom stereocenters. The normalized spacial score (nSPS) is 13.8. The van der Waals surface area contributed by atoms with Gasteiger partial charge in [0.05, 0.1) is 12.2 Å². The number of ether oxygens (including phenoxy) is 2. The van der Waals surface area contributed by atoms with Crippen LogP contribution in [0.1, 0.15) is 79.1 Å². The van der Waals surface area contributed by atoms with Crippen molar-refractivity contribution >= 4 is 11.9 Å². The lowest BCUT2D eigenvalue weighted by Gasteiger charge is -2.12. The lowest BCUT2D eigenvalue weighted by atomic mass is 10.1. The second-order valence-electron chi connectivity index (χ2n) is 5.82. The first-order valence-corrected chi connectivity index (χ1v) is 8.58. The van der Waals surface area contributed by atoms with E-state index in [1.807, 2.05) is 13.8 Å². The molecule has 4 heteroatoms. The average molecular weight is 312 g/mol. The molecule has 128 valence electrons. The van der Waals surface area contributed by atoms with Crippen molar-refractivity contribution in [1.82, 2.24) is 0 Å². The maximum atomic E-state index is 11.6. The third-order valence-electron chi connectivity index (χ3n) is 3.42. The van der Waals surface area contributed by atoms with Crippen molar-refractivity contribution in [3.8, 4) is 0 Å².